The van der Waals surface area contributed by atoms with Crippen molar-refractivity contribution in [2.75, 3.05) is 39.0 Å². The lowest BCUT2D eigenvalue weighted by molar-refractivity contribution is -0.131. The first kappa shape index (κ1) is 28.5. The molecule has 1 heterocycles. The van der Waals surface area contributed by atoms with Crippen LogP contribution in [0, 0.1) is 0 Å². The zero-order chi connectivity index (χ0) is 24.6. The number of nitrogens with zero attached hydrogens (tertiary/aromatic N) is 2. The molecule has 7 heteroatoms. The number of carbonyl (C=O) groups is 2. The van der Waals surface area contributed by atoms with E-state index in [1.807, 2.05) is 60.6 Å². The van der Waals surface area contributed by atoms with E-state index >= 15 is 0 Å². The highest BCUT2D eigenvalue weighted by atomic mass is 32.2. The average molecular weight is 474 g/mol. The van der Waals surface area contributed by atoms with Crippen LogP contribution in [0.25, 0.3) is 11.1 Å². The Hall–Kier alpha value is -2.51. The second-order valence-corrected chi connectivity index (χ2v) is 8.72. The van der Waals surface area contributed by atoms with Crippen LogP contribution < -0.4 is 5.32 Å². The third kappa shape index (κ3) is 9.88. The minimum Gasteiger partial charge on any atom is -0.343 e. The van der Waals surface area contributed by atoms with E-state index in [0.717, 1.165) is 11.1 Å². The maximum Gasteiger partial charge on any atom is 0.251 e. The molecule has 1 unspecified atom stereocenters. The van der Waals surface area contributed by atoms with E-state index in [4.69, 9.17) is 0 Å². The van der Waals surface area contributed by atoms with Crippen molar-refractivity contribution >= 4 is 22.8 Å². The maximum absolute atomic E-state index is 12.3. The molecule has 1 atom stereocenters. The van der Waals surface area contributed by atoms with Gasteiger partial charge in [-0.2, -0.15) is 0 Å². The van der Waals surface area contributed by atoms with Crippen molar-refractivity contribution in [3.63, 3.8) is 0 Å². The standard InChI is InChI=1S/C20H23N3O3S.C4H10.C2H6/c1-27(26)23-13-11-22(12-14-23)19(24)15-21-20(25)18-9-7-17(8-10-18)16-5-3-2-4-6-16;1-3-4-2;1-2/h2-10H,11-15H2,1H3,(H,21,25);3-4H2,1-2H3;1-2H3. The lowest BCUT2D eigenvalue weighted by Gasteiger charge is -2.33. The Kier molecular flexibility index (Phi) is 14.0. The first-order valence-electron chi connectivity index (χ1n) is 11.8. The highest BCUT2D eigenvalue weighted by Gasteiger charge is 2.22. The molecule has 0 aliphatic carbocycles. The van der Waals surface area contributed by atoms with Crippen LogP contribution in [0.5, 0.6) is 0 Å². The van der Waals surface area contributed by atoms with Crippen LogP contribution in [-0.2, 0) is 15.8 Å². The molecule has 2 aromatic rings. The fourth-order valence-corrected chi connectivity index (χ4v) is 3.69. The number of carbonyl (C=O) groups excluding carboxylic acids is 2. The first-order chi connectivity index (χ1) is 16.0. The van der Waals surface area contributed by atoms with Gasteiger partial charge in [-0.3, -0.25) is 9.59 Å². The normalized spacial score (nSPS) is 14.2. The number of nitrogens with one attached hydrogen (secondary N) is 1. The van der Waals surface area contributed by atoms with Crippen LogP contribution in [-0.4, -0.2) is 64.2 Å². The highest BCUT2D eigenvalue weighted by Crippen LogP contribution is 2.19. The van der Waals surface area contributed by atoms with Crippen LogP contribution in [0.15, 0.2) is 54.6 Å². The molecule has 1 aliphatic rings. The monoisotopic (exact) mass is 473 g/mol. The molecule has 1 fully saturated rings. The van der Waals surface area contributed by atoms with Gasteiger partial charge in [-0.1, -0.05) is 83.0 Å². The minimum absolute atomic E-state index is 0.0332. The third-order valence-corrected chi connectivity index (χ3v) is 6.20. The van der Waals surface area contributed by atoms with Crippen molar-refractivity contribution < 1.29 is 13.8 Å². The van der Waals surface area contributed by atoms with Gasteiger partial charge in [0.15, 0.2) is 0 Å². The van der Waals surface area contributed by atoms with Crippen molar-refractivity contribution in [3.05, 3.63) is 60.2 Å². The molecule has 6 nitrogen and oxygen atoms in total. The molecular formula is C26H39N3O3S. The van der Waals surface area contributed by atoms with Gasteiger partial charge in [-0.25, -0.2) is 8.51 Å². The van der Waals surface area contributed by atoms with Gasteiger partial charge >= 0.3 is 0 Å². The lowest BCUT2D eigenvalue weighted by Crippen LogP contribution is -2.51. The van der Waals surface area contributed by atoms with Gasteiger partial charge in [0, 0.05) is 38.0 Å². The largest absolute Gasteiger partial charge is 0.343 e. The Bertz CT molecular complexity index is 847. The van der Waals surface area contributed by atoms with Crippen molar-refractivity contribution in [1.29, 1.82) is 0 Å². The fraction of sp³-hybridized carbons (Fsp3) is 0.462. The summed E-state index contributed by atoms with van der Waals surface area (Å²) in [4.78, 5) is 26.3. The quantitative estimate of drug-likeness (QED) is 0.678. The second kappa shape index (κ2) is 16.2. The molecule has 182 valence electrons. The van der Waals surface area contributed by atoms with E-state index in [9.17, 15) is 13.8 Å². The molecule has 0 saturated carbocycles. The SMILES string of the molecule is CC.CCCC.CS(=O)N1CCN(C(=O)CNC(=O)c2ccc(-c3ccccc3)cc2)CC1. The number of amides is 2. The zero-order valence-electron chi connectivity index (χ0n) is 20.7. The molecule has 1 saturated heterocycles. The molecule has 1 aliphatic heterocycles. The number of hydrogen-bond donors (Lipinski definition) is 1. The van der Waals surface area contributed by atoms with E-state index in [2.05, 4.69) is 19.2 Å². The summed E-state index contributed by atoms with van der Waals surface area (Å²) in [6.07, 6.45) is 4.28. The summed E-state index contributed by atoms with van der Waals surface area (Å²) in [5.74, 6) is -0.387. The Morgan fingerprint density at radius 3 is 1.85 bits per heavy atom. The fourth-order valence-electron chi connectivity index (χ4n) is 3.01. The molecule has 33 heavy (non-hydrogen) atoms. The smallest absolute Gasteiger partial charge is 0.251 e. The van der Waals surface area contributed by atoms with Crippen LogP contribution in [0.4, 0.5) is 0 Å². The van der Waals surface area contributed by atoms with Crippen molar-refractivity contribution in [2.24, 2.45) is 0 Å². The zero-order valence-corrected chi connectivity index (χ0v) is 21.5. The molecule has 0 spiro atoms. The van der Waals surface area contributed by atoms with E-state index in [1.165, 1.54) is 12.8 Å². The average Bonchev–Trinajstić information content (AvgIpc) is 2.89. The Morgan fingerprint density at radius 1 is 0.848 bits per heavy atom. The third-order valence-electron chi connectivity index (χ3n) is 5.11. The van der Waals surface area contributed by atoms with E-state index in [0.29, 0.717) is 31.7 Å². The molecule has 0 aromatic heterocycles. The number of benzene rings is 2. The van der Waals surface area contributed by atoms with Crippen LogP contribution in [0.3, 0.4) is 0 Å². The Morgan fingerprint density at radius 2 is 1.36 bits per heavy atom. The molecule has 0 radical (unpaired) electrons. The van der Waals surface area contributed by atoms with Gasteiger partial charge in [0.05, 0.1) is 17.5 Å². The number of rotatable bonds is 6. The number of hydrogen-bond acceptors (Lipinski definition) is 3. The number of unbranched alkanes of at least 4 members (excludes halogenated alkanes) is 1. The Balaban J connectivity index is 0.000000820. The van der Waals surface area contributed by atoms with Crippen molar-refractivity contribution in [1.82, 2.24) is 14.5 Å². The highest BCUT2D eigenvalue weighted by molar-refractivity contribution is 7.81. The first-order valence-corrected chi connectivity index (χ1v) is 13.3. The summed E-state index contributed by atoms with van der Waals surface area (Å²) < 4.78 is 13.3. The van der Waals surface area contributed by atoms with E-state index in [-0.39, 0.29) is 18.4 Å². The summed E-state index contributed by atoms with van der Waals surface area (Å²) in [6.45, 7) is 10.6. The van der Waals surface area contributed by atoms with Crippen LogP contribution >= 0.6 is 0 Å². The minimum atomic E-state index is -1.01. The van der Waals surface area contributed by atoms with Crippen LogP contribution in [0.1, 0.15) is 50.9 Å². The predicted octanol–water partition coefficient (Wildman–Crippen LogP) is 4.35. The van der Waals surface area contributed by atoms with Gasteiger partial charge in [-0.05, 0) is 23.3 Å². The molecular weight excluding hydrogens is 434 g/mol. The van der Waals surface area contributed by atoms with Gasteiger partial charge < -0.3 is 10.2 Å². The summed E-state index contributed by atoms with van der Waals surface area (Å²) in [5.41, 5.74) is 2.65. The number of piperazine rings is 1. The summed E-state index contributed by atoms with van der Waals surface area (Å²) in [6, 6.07) is 17.3. The predicted molar refractivity (Wildman–Crippen MR) is 138 cm³/mol. The molecule has 3 rings (SSSR count). The lowest BCUT2D eigenvalue weighted by atomic mass is 10.0. The van der Waals surface area contributed by atoms with Gasteiger partial charge in [-0.15, -0.1) is 0 Å². The topological polar surface area (TPSA) is 69.7 Å². The summed E-state index contributed by atoms with van der Waals surface area (Å²) in [7, 11) is -1.01. The van der Waals surface area contributed by atoms with Crippen molar-refractivity contribution in [2.45, 2.75) is 40.5 Å². The molecule has 0 bridgehead atoms. The second-order valence-electron chi connectivity index (χ2n) is 7.36. The molecule has 1 N–H and O–H groups in total. The molecule has 2 aromatic carbocycles. The summed E-state index contributed by atoms with van der Waals surface area (Å²) >= 11 is 0. The van der Waals surface area contributed by atoms with Crippen LogP contribution in [0.2, 0.25) is 0 Å². The van der Waals surface area contributed by atoms with Gasteiger partial charge in [0.25, 0.3) is 5.91 Å². The van der Waals surface area contributed by atoms with E-state index in [1.54, 1.807) is 23.3 Å². The molecule has 2 amide bonds. The van der Waals surface area contributed by atoms with Crippen molar-refractivity contribution in [3.8, 4) is 11.1 Å². The van der Waals surface area contributed by atoms with Gasteiger partial charge in [0.1, 0.15) is 0 Å². The maximum atomic E-state index is 12.3. The Labute approximate surface area is 202 Å². The van der Waals surface area contributed by atoms with Gasteiger partial charge in [0.2, 0.25) is 5.91 Å². The van der Waals surface area contributed by atoms with E-state index < -0.39 is 11.0 Å². The summed E-state index contributed by atoms with van der Waals surface area (Å²) in [5, 5.41) is 2.69.